The Bertz CT molecular complexity index is 1250. The summed E-state index contributed by atoms with van der Waals surface area (Å²) in [5.74, 6) is -0.346. The number of carboxylic acid groups (broad SMARTS) is 1. The SMILES string of the molecule is COc1ccc(-c2cc(C(F)(F)F)nn2-c2ncc(-c3ccc(CC(=O)O)cc3)s2)cc1. The van der Waals surface area contributed by atoms with Gasteiger partial charge in [-0.3, -0.25) is 4.79 Å². The first-order chi connectivity index (χ1) is 15.2. The normalized spacial score (nSPS) is 11.5. The van der Waals surface area contributed by atoms with Gasteiger partial charge in [0.05, 0.1) is 24.1 Å². The van der Waals surface area contributed by atoms with Crippen molar-refractivity contribution in [1.29, 1.82) is 0 Å². The van der Waals surface area contributed by atoms with Crippen molar-refractivity contribution in [2.75, 3.05) is 7.11 Å². The molecule has 4 rings (SSSR count). The van der Waals surface area contributed by atoms with Gasteiger partial charge in [0.2, 0.25) is 5.13 Å². The predicted molar refractivity (Wildman–Crippen MR) is 113 cm³/mol. The van der Waals surface area contributed by atoms with Crippen LogP contribution in [-0.2, 0) is 17.4 Å². The number of carboxylic acids is 1. The van der Waals surface area contributed by atoms with Crippen molar-refractivity contribution in [3.63, 3.8) is 0 Å². The summed E-state index contributed by atoms with van der Waals surface area (Å²) in [6.45, 7) is 0. The lowest BCUT2D eigenvalue weighted by molar-refractivity contribution is -0.141. The van der Waals surface area contributed by atoms with Crippen LogP contribution in [0.3, 0.4) is 0 Å². The average molecular weight is 459 g/mol. The van der Waals surface area contributed by atoms with Gasteiger partial charge >= 0.3 is 12.1 Å². The third kappa shape index (κ3) is 4.50. The zero-order chi connectivity index (χ0) is 22.9. The van der Waals surface area contributed by atoms with Crippen molar-refractivity contribution < 1.29 is 27.8 Å². The Morgan fingerprint density at radius 3 is 2.34 bits per heavy atom. The van der Waals surface area contributed by atoms with Crippen LogP contribution in [0.25, 0.3) is 26.8 Å². The molecule has 0 saturated carbocycles. The molecule has 0 atom stereocenters. The monoisotopic (exact) mass is 459 g/mol. The van der Waals surface area contributed by atoms with E-state index in [1.807, 2.05) is 0 Å². The van der Waals surface area contributed by atoms with E-state index in [4.69, 9.17) is 9.84 Å². The van der Waals surface area contributed by atoms with Crippen molar-refractivity contribution in [3.8, 4) is 32.6 Å². The van der Waals surface area contributed by atoms with Crippen LogP contribution in [0.5, 0.6) is 5.75 Å². The molecule has 6 nitrogen and oxygen atoms in total. The van der Waals surface area contributed by atoms with E-state index in [1.54, 1.807) is 54.7 Å². The van der Waals surface area contributed by atoms with Crippen LogP contribution in [0.1, 0.15) is 11.3 Å². The number of benzene rings is 2. The van der Waals surface area contributed by atoms with Crippen molar-refractivity contribution in [1.82, 2.24) is 14.8 Å². The van der Waals surface area contributed by atoms with E-state index in [9.17, 15) is 18.0 Å². The number of hydrogen-bond donors (Lipinski definition) is 1. The lowest BCUT2D eigenvalue weighted by Crippen LogP contribution is -2.07. The first-order valence-corrected chi connectivity index (χ1v) is 10.2. The van der Waals surface area contributed by atoms with Crippen molar-refractivity contribution >= 4 is 17.3 Å². The van der Waals surface area contributed by atoms with E-state index in [2.05, 4.69) is 10.1 Å². The Morgan fingerprint density at radius 2 is 1.75 bits per heavy atom. The van der Waals surface area contributed by atoms with Gasteiger partial charge < -0.3 is 9.84 Å². The first kappa shape index (κ1) is 21.6. The molecule has 10 heteroatoms. The van der Waals surface area contributed by atoms with Crippen LogP contribution >= 0.6 is 11.3 Å². The summed E-state index contributed by atoms with van der Waals surface area (Å²) in [5, 5.41) is 12.9. The number of methoxy groups -OCH3 is 1. The zero-order valence-electron chi connectivity index (χ0n) is 16.6. The van der Waals surface area contributed by atoms with Crippen LogP contribution in [0.2, 0.25) is 0 Å². The number of rotatable bonds is 6. The van der Waals surface area contributed by atoms with Crippen LogP contribution < -0.4 is 4.74 Å². The Morgan fingerprint density at radius 1 is 1.09 bits per heavy atom. The molecule has 0 fully saturated rings. The standard InChI is InChI=1S/C22H16F3N3O3S/c1-31-16-8-6-14(7-9-16)17-11-19(22(23,24)25)27-28(17)21-26-12-18(32-21)15-4-2-13(3-5-15)10-20(29)30/h2-9,11-12H,10H2,1H3,(H,29,30). The van der Waals surface area contributed by atoms with Crippen molar-refractivity contribution in [2.45, 2.75) is 12.6 Å². The third-order valence-corrected chi connectivity index (χ3v) is 5.68. The van der Waals surface area contributed by atoms with Crippen LogP contribution in [-0.4, -0.2) is 33.0 Å². The number of alkyl halides is 3. The zero-order valence-corrected chi connectivity index (χ0v) is 17.4. The molecule has 0 spiro atoms. The molecule has 2 aromatic heterocycles. The number of hydrogen-bond acceptors (Lipinski definition) is 5. The highest BCUT2D eigenvalue weighted by Crippen LogP contribution is 2.36. The van der Waals surface area contributed by atoms with Gasteiger partial charge in [-0.1, -0.05) is 35.6 Å². The van der Waals surface area contributed by atoms with Gasteiger partial charge in [0, 0.05) is 11.8 Å². The number of nitrogens with zero attached hydrogens (tertiary/aromatic N) is 3. The minimum atomic E-state index is -4.60. The lowest BCUT2D eigenvalue weighted by Gasteiger charge is -2.05. The molecule has 0 saturated heterocycles. The number of aliphatic carboxylic acids is 1. The number of halogens is 3. The second-order valence-corrected chi connectivity index (χ2v) is 7.84. The molecule has 32 heavy (non-hydrogen) atoms. The summed E-state index contributed by atoms with van der Waals surface area (Å²) < 4.78 is 46.4. The molecule has 164 valence electrons. The molecule has 1 N–H and O–H groups in total. The van der Waals surface area contributed by atoms with Gasteiger partial charge in [0.25, 0.3) is 0 Å². The first-order valence-electron chi connectivity index (χ1n) is 9.33. The molecule has 0 radical (unpaired) electrons. The highest BCUT2D eigenvalue weighted by atomic mass is 32.1. The second kappa shape index (κ2) is 8.46. The second-order valence-electron chi connectivity index (χ2n) is 6.83. The maximum Gasteiger partial charge on any atom is 0.435 e. The summed E-state index contributed by atoms with van der Waals surface area (Å²) in [5.41, 5.74) is 1.19. The molecular formula is C22H16F3N3O3S. The van der Waals surface area contributed by atoms with Crippen LogP contribution in [0.15, 0.2) is 60.8 Å². The molecule has 4 aromatic rings. The van der Waals surface area contributed by atoms with Crippen LogP contribution in [0, 0.1) is 0 Å². The molecular weight excluding hydrogens is 443 g/mol. The largest absolute Gasteiger partial charge is 0.497 e. The minimum Gasteiger partial charge on any atom is -0.497 e. The average Bonchev–Trinajstić information content (AvgIpc) is 3.41. The minimum absolute atomic E-state index is 0.0903. The van der Waals surface area contributed by atoms with Crippen LogP contribution in [0.4, 0.5) is 13.2 Å². The van der Waals surface area contributed by atoms with E-state index < -0.39 is 17.8 Å². The summed E-state index contributed by atoms with van der Waals surface area (Å²) in [6.07, 6.45) is -3.14. The smallest absolute Gasteiger partial charge is 0.435 e. The Balaban J connectivity index is 1.72. The number of thiazole rings is 1. The molecule has 0 amide bonds. The van der Waals surface area contributed by atoms with Gasteiger partial charge in [-0.05, 0) is 41.5 Å². The fourth-order valence-corrected chi connectivity index (χ4v) is 3.98. The van der Waals surface area contributed by atoms with E-state index >= 15 is 0 Å². The van der Waals surface area contributed by atoms with E-state index in [0.717, 1.165) is 11.6 Å². The van der Waals surface area contributed by atoms with Crippen molar-refractivity contribution in [2.24, 2.45) is 0 Å². The maximum atomic E-state index is 13.4. The van der Waals surface area contributed by atoms with E-state index in [-0.39, 0.29) is 17.2 Å². The molecule has 0 aliphatic heterocycles. The Labute approximate surface area is 184 Å². The quantitative estimate of drug-likeness (QED) is 0.423. The number of carbonyl (C=O) groups is 1. The van der Waals surface area contributed by atoms with E-state index in [1.165, 1.54) is 23.1 Å². The topological polar surface area (TPSA) is 77.2 Å². The number of aromatic nitrogens is 3. The summed E-state index contributed by atoms with van der Waals surface area (Å²) in [6, 6.07) is 14.5. The third-order valence-electron chi connectivity index (χ3n) is 4.65. The Kier molecular flexibility index (Phi) is 5.70. The summed E-state index contributed by atoms with van der Waals surface area (Å²) >= 11 is 1.18. The maximum absolute atomic E-state index is 13.4. The fraction of sp³-hybridized carbons (Fsp3) is 0.136. The molecule has 2 heterocycles. The molecule has 0 aliphatic rings. The van der Waals surface area contributed by atoms with Crippen molar-refractivity contribution in [3.05, 3.63) is 72.1 Å². The highest BCUT2D eigenvalue weighted by Gasteiger charge is 2.35. The van der Waals surface area contributed by atoms with Gasteiger partial charge in [0.15, 0.2) is 5.69 Å². The van der Waals surface area contributed by atoms with E-state index in [0.29, 0.717) is 21.8 Å². The Hall–Kier alpha value is -3.66. The molecule has 0 unspecified atom stereocenters. The number of ether oxygens (including phenoxy) is 1. The summed E-state index contributed by atoms with van der Waals surface area (Å²) in [7, 11) is 1.51. The predicted octanol–water partition coefficient (Wildman–Crippen LogP) is 5.32. The van der Waals surface area contributed by atoms with Gasteiger partial charge in [0.1, 0.15) is 5.75 Å². The molecule has 0 bridgehead atoms. The molecule has 2 aromatic carbocycles. The lowest BCUT2D eigenvalue weighted by atomic mass is 10.1. The van der Waals surface area contributed by atoms with Gasteiger partial charge in [-0.25, -0.2) is 9.67 Å². The fourth-order valence-electron chi connectivity index (χ4n) is 3.09. The highest BCUT2D eigenvalue weighted by molar-refractivity contribution is 7.17. The van der Waals surface area contributed by atoms with Gasteiger partial charge in [-0.15, -0.1) is 0 Å². The molecule has 0 aliphatic carbocycles. The van der Waals surface area contributed by atoms with Gasteiger partial charge in [-0.2, -0.15) is 18.3 Å². The summed E-state index contributed by atoms with van der Waals surface area (Å²) in [4.78, 5) is 15.8.